The quantitative estimate of drug-likeness (QED) is 0.800. The van der Waals surface area contributed by atoms with Gasteiger partial charge in [-0.3, -0.25) is 4.79 Å². The fourth-order valence-corrected chi connectivity index (χ4v) is 1.57. The van der Waals surface area contributed by atoms with Crippen molar-refractivity contribution >= 4 is 40.7 Å². The van der Waals surface area contributed by atoms with E-state index < -0.39 is 5.91 Å². The van der Waals surface area contributed by atoms with E-state index in [1.165, 1.54) is 17.3 Å². The van der Waals surface area contributed by atoms with Gasteiger partial charge in [-0.15, -0.1) is 5.10 Å². The number of anilines is 2. The predicted octanol–water partition coefficient (Wildman–Crippen LogP) is 0.596. The van der Waals surface area contributed by atoms with E-state index in [1.807, 2.05) is 0 Å². The number of nitrogen functional groups attached to an aromatic ring is 1. The number of hydrogen-bond acceptors (Lipinski definition) is 6. The van der Waals surface area contributed by atoms with Crippen LogP contribution in [0.1, 0.15) is 0 Å². The van der Waals surface area contributed by atoms with Crippen LogP contribution in [0.3, 0.4) is 0 Å². The number of rotatable bonds is 3. The van der Waals surface area contributed by atoms with Gasteiger partial charge in [0.25, 0.3) is 0 Å². The summed E-state index contributed by atoms with van der Waals surface area (Å²) in [6, 6.07) is 0. The number of carbonyl (C=O) groups is 1. The molecule has 94 valence electrons. The lowest BCUT2D eigenvalue weighted by atomic mass is 10.5. The van der Waals surface area contributed by atoms with Gasteiger partial charge in [0.2, 0.25) is 11.9 Å². The van der Waals surface area contributed by atoms with Crippen LogP contribution >= 0.6 is 23.2 Å². The molecule has 18 heavy (non-hydrogen) atoms. The third kappa shape index (κ3) is 2.84. The summed E-state index contributed by atoms with van der Waals surface area (Å²) in [4.78, 5) is 22.8. The van der Waals surface area contributed by atoms with Gasteiger partial charge in [0, 0.05) is 0 Å². The van der Waals surface area contributed by atoms with E-state index in [2.05, 4.69) is 25.4 Å². The predicted molar refractivity (Wildman–Crippen MR) is 65.1 cm³/mol. The SMILES string of the molecule is Nc1ncn(CC(=O)Nc2c(Cl)ncnc2Cl)n1. The maximum Gasteiger partial charge on any atom is 0.246 e. The highest BCUT2D eigenvalue weighted by Gasteiger charge is 2.12. The minimum absolute atomic E-state index is 0.0569. The Kier molecular flexibility index (Phi) is 3.58. The van der Waals surface area contributed by atoms with Gasteiger partial charge in [0.05, 0.1) is 0 Å². The van der Waals surface area contributed by atoms with Crippen LogP contribution in [-0.2, 0) is 11.3 Å². The Labute approximate surface area is 111 Å². The number of nitrogens with one attached hydrogen (secondary N) is 1. The average Bonchev–Trinajstić information content (AvgIpc) is 2.69. The standard InChI is InChI=1S/C8H7Cl2N7O/c9-6-5(7(10)13-2-12-6)15-4(18)1-17-3-14-8(11)16-17/h2-3H,1H2,(H2,11,16)(H,15,18). The second-order valence-corrected chi connectivity index (χ2v) is 3.89. The monoisotopic (exact) mass is 287 g/mol. The molecule has 2 aromatic heterocycles. The van der Waals surface area contributed by atoms with Crippen LogP contribution in [0.4, 0.5) is 11.6 Å². The Morgan fingerprint density at radius 2 is 2.00 bits per heavy atom. The van der Waals surface area contributed by atoms with Crippen LogP contribution in [-0.4, -0.2) is 30.6 Å². The lowest BCUT2D eigenvalue weighted by Gasteiger charge is -2.07. The maximum atomic E-state index is 11.7. The molecule has 0 unspecified atom stereocenters. The highest BCUT2D eigenvalue weighted by atomic mass is 35.5. The lowest BCUT2D eigenvalue weighted by Crippen LogP contribution is -2.20. The van der Waals surface area contributed by atoms with E-state index in [0.717, 1.165) is 0 Å². The number of nitrogens with two attached hydrogens (primary N) is 1. The molecule has 0 aromatic carbocycles. The Morgan fingerprint density at radius 3 is 2.56 bits per heavy atom. The van der Waals surface area contributed by atoms with Crippen LogP contribution in [0.25, 0.3) is 0 Å². The summed E-state index contributed by atoms with van der Waals surface area (Å²) in [5.74, 6) is -0.319. The topological polar surface area (TPSA) is 112 Å². The molecule has 1 amide bonds. The van der Waals surface area contributed by atoms with Gasteiger partial charge in [-0.1, -0.05) is 23.2 Å². The Morgan fingerprint density at radius 1 is 1.33 bits per heavy atom. The fourth-order valence-electron chi connectivity index (χ4n) is 1.16. The van der Waals surface area contributed by atoms with E-state index in [4.69, 9.17) is 28.9 Å². The summed E-state index contributed by atoms with van der Waals surface area (Å²) < 4.78 is 1.27. The van der Waals surface area contributed by atoms with Gasteiger partial charge in [-0.2, -0.15) is 0 Å². The number of nitrogens with zero attached hydrogens (tertiary/aromatic N) is 5. The van der Waals surface area contributed by atoms with Crippen LogP contribution < -0.4 is 11.1 Å². The van der Waals surface area contributed by atoms with Gasteiger partial charge < -0.3 is 11.1 Å². The summed E-state index contributed by atoms with van der Waals surface area (Å²) in [6.45, 7) is -0.0776. The molecular formula is C8H7Cl2N7O. The van der Waals surface area contributed by atoms with Crippen LogP contribution in [0.2, 0.25) is 10.3 Å². The molecule has 0 radical (unpaired) electrons. The molecule has 0 spiro atoms. The van der Waals surface area contributed by atoms with E-state index >= 15 is 0 Å². The maximum absolute atomic E-state index is 11.7. The van der Waals surface area contributed by atoms with E-state index in [0.29, 0.717) is 0 Å². The number of carbonyl (C=O) groups excluding carboxylic acids is 1. The zero-order valence-corrected chi connectivity index (χ0v) is 10.4. The smallest absolute Gasteiger partial charge is 0.246 e. The molecule has 0 aliphatic rings. The van der Waals surface area contributed by atoms with Crippen molar-refractivity contribution in [1.29, 1.82) is 0 Å². The van der Waals surface area contributed by atoms with Crippen molar-refractivity contribution in [2.75, 3.05) is 11.1 Å². The second-order valence-electron chi connectivity index (χ2n) is 3.18. The highest BCUT2D eigenvalue weighted by molar-refractivity contribution is 6.38. The first-order chi connectivity index (χ1) is 8.56. The zero-order valence-electron chi connectivity index (χ0n) is 8.84. The van der Waals surface area contributed by atoms with Gasteiger partial charge in [-0.25, -0.2) is 19.6 Å². The molecule has 10 heteroatoms. The van der Waals surface area contributed by atoms with E-state index in [9.17, 15) is 4.79 Å². The van der Waals surface area contributed by atoms with Crippen molar-refractivity contribution in [3.05, 3.63) is 23.0 Å². The number of amides is 1. The van der Waals surface area contributed by atoms with Gasteiger partial charge in [0.15, 0.2) is 10.3 Å². The van der Waals surface area contributed by atoms with Crippen LogP contribution in [0.5, 0.6) is 0 Å². The normalized spacial score (nSPS) is 10.3. The Hall–Kier alpha value is -1.93. The summed E-state index contributed by atoms with van der Waals surface area (Å²) in [6.07, 6.45) is 2.53. The van der Waals surface area contributed by atoms with E-state index in [1.54, 1.807) is 0 Å². The Balaban J connectivity index is 2.08. The zero-order chi connectivity index (χ0) is 13.1. The average molecular weight is 288 g/mol. The third-order valence-corrected chi connectivity index (χ3v) is 2.45. The van der Waals surface area contributed by atoms with Gasteiger partial charge in [0.1, 0.15) is 24.9 Å². The third-order valence-electron chi connectivity index (χ3n) is 1.88. The van der Waals surface area contributed by atoms with Crippen molar-refractivity contribution < 1.29 is 4.79 Å². The number of aromatic nitrogens is 5. The molecule has 2 rings (SSSR count). The first-order valence-electron chi connectivity index (χ1n) is 4.67. The largest absolute Gasteiger partial charge is 0.367 e. The van der Waals surface area contributed by atoms with Gasteiger partial charge in [-0.05, 0) is 0 Å². The molecule has 0 aliphatic heterocycles. The molecule has 0 aliphatic carbocycles. The van der Waals surface area contributed by atoms with Crippen LogP contribution in [0.15, 0.2) is 12.7 Å². The molecule has 0 fully saturated rings. The molecule has 0 saturated heterocycles. The fraction of sp³-hybridized carbons (Fsp3) is 0.125. The Bertz CT molecular complexity index is 564. The summed E-state index contributed by atoms with van der Waals surface area (Å²) in [7, 11) is 0. The summed E-state index contributed by atoms with van der Waals surface area (Å²) in [5, 5.41) is 6.36. The first kappa shape index (κ1) is 12.5. The molecule has 0 saturated carbocycles. The first-order valence-corrected chi connectivity index (χ1v) is 5.42. The molecule has 2 heterocycles. The minimum atomic E-state index is -0.404. The molecule has 0 atom stereocenters. The van der Waals surface area contributed by atoms with Crippen molar-refractivity contribution in [3.8, 4) is 0 Å². The lowest BCUT2D eigenvalue weighted by molar-refractivity contribution is -0.116. The molecule has 8 nitrogen and oxygen atoms in total. The molecule has 0 bridgehead atoms. The van der Waals surface area contributed by atoms with Crippen molar-refractivity contribution in [3.63, 3.8) is 0 Å². The number of hydrogen-bond donors (Lipinski definition) is 2. The summed E-state index contributed by atoms with van der Waals surface area (Å²) >= 11 is 11.6. The van der Waals surface area contributed by atoms with E-state index in [-0.39, 0.29) is 28.5 Å². The van der Waals surface area contributed by atoms with Crippen molar-refractivity contribution in [2.24, 2.45) is 0 Å². The van der Waals surface area contributed by atoms with Crippen LogP contribution in [0, 0.1) is 0 Å². The van der Waals surface area contributed by atoms with Crippen molar-refractivity contribution in [2.45, 2.75) is 6.54 Å². The molecule has 3 N–H and O–H groups in total. The highest BCUT2D eigenvalue weighted by Crippen LogP contribution is 2.25. The second kappa shape index (κ2) is 5.15. The number of halogens is 2. The molecule has 2 aromatic rings. The summed E-state index contributed by atoms with van der Waals surface area (Å²) in [5.41, 5.74) is 5.47. The molecular weight excluding hydrogens is 281 g/mol. The van der Waals surface area contributed by atoms with Crippen molar-refractivity contribution in [1.82, 2.24) is 24.7 Å². The van der Waals surface area contributed by atoms with Gasteiger partial charge >= 0.3 is 0 Å². The minimum Gasteiger partial charge on any atom is -0.367 e.